The van der Waals surface area contributed by atoms with Crippen LogP contribution in [-0.4, -0.2) is 36.5 Å². The van der Waals surface area contributed by atoms with Crippen LogP contribution in [0.15, 0.2) is 24.3 Å². The molecule has 0 radical (unpaired) electrons. The van der Waals surface area contributed by atoms with Gasteiger partial charge in [-0.2, -0.15) is 0 Å². The maximum absolute atomic E-state index is 11.5. The van der Waals surface area contributed by atoms with Crippen LogP contribution < -0.4 is 11.1 Å². The minimum atomic E-state index is -0.325. The number of piperidine rings is 1. The number of hydrogen-bond donors (Lipinski definition) is 2. The third-order valence-electron chi connectivity index (χ3n) is 4.45. The van der Waals surface area contributed by atoms with Gasteiger partial charge in [0.05, 0.1) is 0 Å². The number of carbonyl (C=O) groups is 1. The molecule has 2 atom stereocenters. The van der Waals surface area contributed by atoms with Crippen LogP contribution in [0.4, 0.5) is 0 Å². The van der Waals surface area contributed by atoms with Gasteiger partial charge in [0.15, 0.2) is 0 Å². The summed E-state index contributed by atoms with van der Waals surface area (Å²) in [5.74, 6) is 0.447. The molecule has 2 aliphatic heterocycles. The lowest BCUT2D eigenvalue weighted by molar-refractivity contribution is 0.0990. The second kappa shape index (κ2) is 5.31. The molecule has 1 aromatic carbocycles. The Balaban J connectivity index is 1.79. The molecule has 1 amide bonds. The van der Waals surface area contributed by atoms with Gasteiger partial charge in [-0.1, -0.05) is 18.2 Å². The molecule has 3 N–H and O–H groups in total. The molecule has 19 heavy (non-hydrogen) atoms. The Morgan fingerprint density at radius 1 is 1.37 bits per heavy atom. The minimum absolute atomic E-state index is 0.325. The molecule has 2 saturated heterocycles. The first-order chi connectivity index (χ1) is 9.25. The van der Waals surface area contributed by atoms with E-state index in [0.717, 1.165) is 37.7 Å². The first kappa shape index (κ1) is 12.6. The molecule has 4 nitrogen and oxygen atoms in total. The van der Waals surface area contributed by atoms with Gasteiger partial charge in [-0.15, -0.1) is 0 Å². The summed E-state index contributed by atoms with van der Waals surface area (Å²) in [6, 6.07) is 8.32. The maximum atomic E-state index is 11.5. The highest BCUT2D eigenvalue weighted by atomic mass is 16.1. The summed E-state index contributed by atoms with van der Waals surface area (Å²) in [4.78, 5) is 14.0. The van der Waals surface area contributed by atoms with E-state index in [2.05, 4.69) is 10.2 Å². The van der Waals surface area contributed by atoms with Crippen LogP contribution in [0.2, 0.25) is 0 Å². The van der Waals surface area contributed by atoms with E-state index in [1.54, 1.807) is 0 Å². The third kappa shape index (κ3) is 2.51. The number of amides is 1. The summed E-state index contributed by atoms with van der Waals surface area (Å²) in [5, 5.41) is 3.48. The van der Waals surface area contributed by atoms with E-state index < -0.39 is 0 Å². The molecule has 0 saturated carbocycles. The van der Waals surface area contributed by atoms with Gasteiger partial charge >= 0.3 is 0 Å². The molecule has 0 aromatic heterocycles. The van der Waals surface area contributed by atoms with E-state index in [9.17, 15) is 4.79 Å². The fourth-order valence-electron chi connectivity index (χ4n) is 3.48. The summed E-state index contributed by atoms with van der Waals surface area (Å²) in [7, 11) is 0. The maximum Gasteiger partial charge on any atom is 0.249 e. The van der Waals surface area contributed by atoms with E-state index >= 15 is 0 Å². The number of hydrogen-bond acceptors (Lipinski definition) is 3. The second-order valence-electron chi connectivity index (χ2n) is 5.62. The summed E-state index contributed by atoms with van der Waals surface area (Å²) in [6.07, 6.45) is 2.58. The topological polar surface area (TPSA) is 58.4 Å². The van der Waals surface area contributed by atoms with Gasteiger partial charge in [0.25, 0.3) is 0 Å². The fraction of sp³-hybridized carbons (Fsp3) is 0.533. The van der Waals surface area contributed by atoms with Crippen molar-refractivity contribution in [3.8, 4) is 0 Å². The van der Waals surface area contributed by atoms with Crippen molar-refractivity contribution in [2.24, 2.45) is 11.7 Å². The average Bonchev–Trinajstić information content (AvgIpc) is 2.88. The zero-order valence-corrected chi connectivity index (χ0v) is 11.1. The molecule has 2 fully saturated rings. The summed E-state index contributed by atoms with van der Waals surface area (Å²) in [6.45, 7) is 4.17. The van der Waals surface area contributed by atoms with Crippen LogP contribution in [0.25, 0.3) is 0 Å². The van der Waals surface area contributed by atoms with Crippen molar-refractivity contribution in [3.05, 3.63) is 35.4 Å². The number of primary amides is 1. The van der Waals surface area contributed by atoms with Crippen LogP contribution in [-0.2, 0) is 6.54 Å². The van der Waals surface area contributed by atoms with Gasteiger partial charge < -0.3 is 11.1 Å². The molecule has 2 aliphatic rings. The number of carbonyl (C=O) groups excluding carboxylic acids is 1. The number of rotatable bonds is 3. The van der Waals surface area contributed by atoms with Crippen molar-refractivity contribution in [1.82, 2.24) is 10.2 Å². The number of nitrogens with zero attached hydrogens (tertiary/aromatic N) is 1. The van der Waals surface area contributed by atoms with Gasteiger partial charge in [-0.05, 0) is 43.5 Å². The van der Waals surface area contributed by atoms with Crippen LogP contribution in [0.5, 0.6) is 0 Å². The lowest BCUT2D eigenvalue weighted by Crippen LogP contribution is -2.44. The average molecular weight is 259 g/mol. The highest BCUT2D eigenvalue weighted by Gasteiger charge is 2.34. The van der Waals surface area contributed by atoms with E-state index in [1.165, 1.54) is 12.8 Å². The Hall–Kier alpha value is -1.39. The van der Waals surface area contributed by atoms with Gasteiger partial charge in [0.1, 0.15) is 0 Å². The molecule has 0 aliphatic carbocycles. The Labute approximate surface area is 114 Å². The second-order valence-corrected chi connectivity index (χ2v) is 5.62. The normalized spacial score (nSPS) is 27.2. The van der Waals surface area contributed by atoms with Crippen molar-refractivity contribution in [1.29, 1.82) is 0 Å². The van der Waals surface area contributed by atoms with Crippen molar-refractivity contribution >= 4 is 5.91 Å². The van der Waals surface area contributed by atoms with Crippen molar-refractivity contribution in [3.63, 3.8) is 0 Å². The molecule has 102 valence electrons. The first-order valence-corrected chi connectivity index (χ1v) is 7.08. The molecule has 1 aromatic rings. The van der Waals surface area contributed by atoms with Gasteiger partial charge in [0, 0.05) is 24.7 Å². The predicted molar refractivity (Wildman–Crippen MR) is 74.8 cm³/mol. The zero-order valence-electron chi connectivity index (χ0n) is 11.1. The molecule has 2 unspecified atom stereocenters. The van der Waals surface area contributed by atoms with Gasteiger partial charge in [0.2, 0.25) is 5.91 Å². The number of likely N-dealkylation sites (tertiary alicyclic amines) is 1. The van der Waals surface area contributed by atoms with E-state index in [1.807, 2.05) is 24.3 Å². The van der Waals surface area contributed by atoms with E-state index in [4.69, 9.17) is 5.73 Å². The Morgan fingerprint density at radius 3 is 3.05 bits per heavy atom. The molecule has 3 rings (SSSR count). The summed E-state index contributed by atoms with van der Waals surface area (Å²) in [5.41, 5.74) is 7.18. The van der Waals surface area contributed by atoms with Crippen LogP contribution in [0.3, 0.4) is 0 Å². The monoisotopic (exact) mass is 259 g/mol. The molecular formula is C15H21N3O. The Morgan fingerprint density at radius 2 is 2.21 bits per heavy atom. The third-order valence-corrected chi connectivity index (χ3v) is 4.45. The SMILES string of the molecule is NC(=O)c1ccccc1CN1CCCC2CNCC21. The standard InChI is InChI=1S/C15H21N3O/c16-15(19)13-6-2-1-4-12(13)10-18-7-3-5-11-8-17-9-14(11)18/h1-2,4,6,11,14,17H,3,5,7-10H2,(H2,16,19). The predicted octanol–water partition coefficient (Wildman–Crippen LogP) is 0.969. The first-order valence-electron chi connectivity index (χ1n) is 7.08. The minimum Gasteiger partial charge on any atom is -0.366 e. The van der Waals surface area contributed by atoms with Crippen LogP contribution in [0, 0.1) is 5.92 Å². The largest absolute Gasteiger partial charge is 0.366 e. The quantitative estimate of drug-likeness (QED) is 0.850. The van der Waals surface area contributed by atoms with Gasteiger partial charge in [-0.3, -0.25) is 9.69 Å². The van der Waals surface area contributed by atoms with E-state index in [0.29, 0.717) is 11.6 Å². The lowest BCUT2D eigenvalue weighted by atomic mass is 9.91. The van der Waals surface area contributed by atoms with Crippen LogP contribution in [0.1, 0.15) is 28.8 Å². The van der Waals surface area contributed by atoms with Crippen molar-refractivity contribution in [2.75, 3.05) is 19.6 Å². The molecular weight excluding hydrogens is 238 g/mol. The number of nitrogens with one attached hydrogen (secondary N) is 1. The molecule has 0 spiro atoms. The molecule has 2 heterocycles. The van der Waals surface area contributed by atoms with Crippen molar-refractivity contribution < 1.29 is 4.79 Å². The lowest BCUT2D eigenvalue weighted by Gasteiger charge is -2.37. The number of nitrogens with two attached hydrogens (primary N) is 1. The molecule has 0 bridgehead atoms. The number of benzene rings is 1. The summed E-state index contributed by atoms with van der Waals surface area (Å²) >= 11 is 0. The Kier molecular flexibility index (Phi) is 3.53. The highest BCUT2D eigenvalue weighted by molar-refractivity contribution is 5.94. The smallest absolute Gasteiger partial charge is 0.249 e. The van der Waals surface area contributed by atoms with E-state index in [-0.39, 0.29) is 5.91 Å². The number of fused-ring (bicyclic) bond motifs is 1. The Bertz CT molecular complexity index is 474. The highest BCUT2D eigenvalue weighted by Crippen LogP contribution is 2.28. The summed E-state index contributed by atoms with van der Waals surface area (Å²) < 4.78 is 0. The molecule has 4 heteroatoms. The van der Waals surface area contributed by atoms with Crippen molar-refractivity contribution in [2.45, 2.75) is 25.4 Å². The fourth-order valence-corrected chi connectivity index (χ4v) is 3.48. The zero-order chi connectivity index (χ0) is 13.2. The van der Waals surface area contributed by atoms with Crippen LogP contribution >= 0.6 is 0 Å². The van der Waals surface area contributed by atoms with Gasteiger partial charge in [-0.25, -0.2) is 0 Å².